The van der Waals surface area contributed by atoms with E-state index in [0.717, 1.165) is 6.42 Å². The Morgan fingerprint density at radius 2 is 1.54 bits per heavy atom. The normalized spacial score (nSPS) is 20.6. The number of hydrogen-bond acceptors (Lipinski definition) is 9. The molecule has 4 N–H and O–H groups in total. The Hall–Kier alpha value is -3.10. The van der Waals surface area contributed by atoms with Gasteiger partial charge < -0.3 is 40.1 Å². The maximum absolute atomic E-state index is 14.1. The minimum absolute atomic E-state index is 0.0291. The van der Waals surface area contributed by atoms with Gasteiger partial charge in [0, 0.05) is 27.8 Å². The number of amides is 4. The molecule has 0 bridgehead atoms. The Balaban J connectivity index is 2.25. The molecule has 1 aromatic carbocycles. The van der Waals surface area contributed by atoms with Crippen molar-refractivity contribution in [1.82, 2.24) is 25.3 Å². The second-order valence-electron chi connectivity index (χ2n) is 15.1. The van der Waals surface area contributed by atoms with Crippen LogP contribution in [-0.2, 0) is 28.7 Å². The van der Waals surface area contributed by atoms with Gasteiger partial charge in [-0.2, -0.15) is 0 Å². The van der Waals surface area contributed by atoms with E-state index in [1.807, 2.05) is 45.9 Å². The maximum atomic E-state index is 14.1. The van der Waals surface area contributed by atoms with Crippen molar-refractivity contribution in [1.29, 1.82) is 0 Å². The van der Waals surface area contributed by atoms with E-state index in [1.54, 1.807) is 56.9 Å². The molecule has 0 radical (unpaired) electrons. The molecule has 0 saturated carbocycles. The minimum atomic E-state index is -1.20. The zero-order valence-corrected chi connectivity index (χ0v) is 33.5. The smallest absolute Gasteiger partial charge is 0.247 e. The van der Waals surface area contributed by atoms with Crippen LogP contribution in [0.15, 0.2) is 30.3 Å². The van der Waals surface area contributed by atoms with Crippen LogP contribution < -0.4 is 10.6 Å². The average Bonchev–Trinajstić information content (AvgIpc) is 3.59. The van der Waals surface area contributed by atoms with Gasteiger partial charge in [0.2, 0.25) is 23.6 Å². The third-order valence-electron chi connectivity index (χ3n) is 10.7. The molecular weight excluding hydrogens is 666 g/mol. The third-order valence-corrected chi connectivity index (χ3v) is 10.7. The molecule has 0 aliphatic carbocycles. The molecule has 296 valence electrons. The number of aliphatic hydroxyl groups is 2. The van der Waals surface area contributed by atoms with E-state index in [2.05, 4.69) is 10.6 Å². The number of nitrogens with zero attached hydrogens (tertiary/aromatic N) is 3. The molecule has 11 atom stereocenters. The molecule has 2 rings (SSSR count). The molecule has 1 fully saturated rings. The summed E-state index contributed by atoms with van der Waals surface area (Å²) in [5.74, 6) is -2.06. The van der Waals surface area contributed by atoms with E-state index in [9.17, 15) is 29.4 Å². The van der Waals surface area contributed by atoms with Crippen LogP contribution >= 0.6 is 0 Å². The van der Waals surface area contributed by atoms with Crippen molar-refractivity contribution in [2.24, 2.45) is 17.8 Å². The van der Waals surface area contributed by atoms with Gasteiger partial charge in [0.25, 0.3) is 0 Å². The quantitative estimate of drug-likeness (QED) is 0.158. The van der Waals surface area contributed by atoms with Gasteiger partial charge in [0.1, 0.15) is 6.04 Å². The van der Waals surface area contributed by atoms with Crippen LogP contribution in [0.4, 0.5) is 0 Å². The maximum Gasteiger partial charge on any atom is 0.247 e. The summed E-state index contributed by atoms with van der Waals surface area (Å²) in [4.78, 5) is 59.9. The summed E-state index contributed by atoms with van der Waals surface area (Å²) in [6, 6.07) is 5.96. The molecule has 0 unspecified atom stereocenters. The predicted octanol–water partition coefficient (Wildman–Crippen LogP) is 2.60. The Bertz CT molecular complexity index is 1270. The number of benzene rings is 1. The number of ether oxygens (including phenoxy) is 2. The van der Waals surface area contributed by atoms with Crippen LogP contribution in [-0.4, -0.2) is 139 Å². The van der Waals surface area contributed by atoms with Crippen LogP contribution in [0, 0.1) is 17.8 Å². The Morgan fingerprint density at radius 3 is 2.04 bits per heavy atom. The minimum Gasteiger partial charge on any atom is -0.391 e. The highest BCUT2D eigenvalue weighted by atomic mass is 16.5. The van der Waals surface area contributed by atoms with Gasteiger partial charge in [-0.05, 0) is 58.2 Å². The first-order chi connectivity index (χ1) is 24.4. The topological polar surface area (TPSA) is 161 Å². The Kier molecular flexibility index (Phi) is 18.2. The van der Waals surface area contributed by atoms with Crippen molar-refractivity contribution in [3.8, 4) is 0 Å². The summed E-state index contributed by atoms with van der Waals surface area (Å²) in [5, 5.41) is 27.2. The van der Waals surface area contributed by atoms with Gasteiger partial charge in [-0.3, -0.25) is 24.1 Å². The van der Waals surface area contributed by atoms with Crippen LogP contribution in [0.1, 0.15) is 85.8 Å². The fourth-order valence-electron chi connectivity index (χ4n) is 7.66. The van der Waals surface area contributed by atoms with Crippen LogP contribution in [0.2, 0.25) is 0 Å². The average molecular weight is 734 g/mol. The largest absolute Gasteiger partial charge is 0.391 e. The highest BCUT2D eigenvalue weighted by molar-refractivity contribution is 5.90. The summed E-state index contributed by atoms with van der Waals surface area (Å²) in [7, 11) is 8.26. The lowest BCUT2D eigenvalue weighted by atomic mass is 9.89. The summed E-state index contributed by atoms with van der Waals surface area (Å²) >= 11 is 0. The Morgan fingerprint density at radius 1 is 0.923 bits per heavy atom. The number of likely N-dealkylation sites (tertiary alicyclic amines) is 1. The van der Waals surface area contributed by atoms with Crippen molar-refractivity contribution < 1.29 is 38.9 Å². The predicted molar refractivity (Wildman–Crippen MR) is 201 cm³/mol. The number of likely N-dealkylation sites (N-methyl/N-ethyl adjacent to an activating group) is 2. The molecule has 0 aromatic heterocycles. The standard InChI is InChI=1S/C39H67N5O8/c1-13-24(4)34(43(10)39(50)32(27(7)45)41-38(49)33(23(2)3)42(8)9)30(51-11)22-31(46)44-21-17-20-29(44)36(52-12)25(5)37(48)40-26(6)35(47)28-18-15-14-16-19-28/h14-16,18-19,23-27,29-30,32-36,45,47H,13,17,20-22H2,1-12H3,(H,40,48)(H,41,49)/t24-,25+,26+,27+,29-,30+,32-,33-,34-,35+,36+/m0/s1. The molecule has 1 aliphatic rings. The first-order valence-corrected chi connectivity index (χ1v) is 18.7. The van der Waals surface area contributed by atoms with Crippen molar-refractivity contribution in [3.05, 3.63) is 35.9 Å². The molecule has 1 aromatic rings. The summed E-state index contributed by atoms with van der Waals surface area (Å²) in [6.07, 6.45) is -1.33. The summed E-state index contributed by atoms with van der Waals surface area (Å²) in [5.41, 5.74) is 0.699. The zero-order chi connectivity index (χ0) is 39.4. The SMILES string of the molecule is CC[C@H](C)[C@@H]([C@@H](CC(=O)N1CCC[C@H]1[C@H](OC)[C@@H](C)C(=O)N[C@H](C)[C@@H](O)c1ccccc1)OC)N(C)C(=O)[C@@H](NC(=O)[C@H](C(C)C)N(C)C)[C@@H](C)O. The lowest BCUT2D eigenvalue weighted by Crippen LogP contribution is -2.61. The number of carbonyl (C=O) groups is 4. The van der Waals surface area contributed by atoms with Gasteiger partial charge in [-0.15, -0.1) is 0 Å². The molecular formula is C39H67N5O8. The van der Waals surface area contributed by atoms with Crippen LogP contribution in [0.5, 0.6) is 0 Å². The highest BCUT2D eigenvalue weighted by Gasteiger charge is 2.43. The monoisotopic (exact) mass is 733 g/mol. The van der Waals surface area contributed by atoms with Gasteiger partial charge in [-0.25, -0.2) is 0 Å². The number of nitrogens with one attached hydrogen (secondary N) is 2. The molecule has 0 spiro atoms. The lowest BCUT2D eigenvalue weighted by Gasteiger charge is -2.41. The van der Waals surface area contributed by atoms with Gasteiger partial charge in [0.15, 0.2) is 0 Å². The van der Waals surface area contributed by atoms with Crippen molar-refractivity contribution >= 4 is 23.6 Å². The van der Waals surface area contributed by atoms with Crippen LogP contribution in [0.3, 0.4) is 0 Å². The van der Waals surface area contributed by atoms with Gasteiger partial charge >= 0.3 is 0 Å². The number of hydrogen-bond donors (Lipinski definition) is 4. The molecule has 13 heteroatoms. The van der Waals surface area contributed by atoms with Gasteiger partial charge in [0.05, 0.1) is 60.9 Å². The Labute approximate surface area is 311 Å². The first kappa shape index (κ1) is 45.1. The number of aliphatic hydroxyl groups excluding tert-OH is 2. The summed E-state index contributed by atoms with van der Waals surface area (Å²) < 4.78 is 11.8. The first-order valence-electron chi connectivity index (χ1n) is 18.7. The van der Waals surface area contributed by atoms with E-state index in [4.69, 9.17) is 9.47 Å². The van der Waals surface area contributed by atoms with Crippen molar-refractivity contribution in [2.75, 3.05) is 41.9 Å². The number of rotatable bonds is 20. The van der Waals surface area contributed by atoms with Crippen LogP contribution in [0.25, 0.3) is 0 Å². The van der Waals surface area contributed by atoms with E-state index >= 15 is 0 Å². The molecule has 1 saturated heterocycles. The fourth-order valence-corrected chi connectivity index (χ4v) is 7.66. The molecule has 1 aliphatic heterocycles. The van der Waals surface area contributed by atoms with E-state index in [0.29, 0.717) is 24.9 Å². The zero-order valence-electron chi connectivity index (χ0n) is 33.5. The molecule has 13 nitrogen and oxygen atoms in total. The number of carbonyl (C=O) groups excluding carboxylic acids is 4. The van der Waals surface area contributed by atoms with Gasteiger partial charge in [-0.1, -0.05) is 71.4 Å². The number of methoxy groups -OCH3 is 2. The molecule has 4 amide bonds. The highest BCUT2D eigenvalue weighted by Crippen LogP contribution is 2.30. The fraction of sp³-hybridized carbons (Fsp3) is 0.744. The third kappa shape index (κ3) is 11.4. The van der Waals surface area contributed by atoms with E-state index < -0.39 is 60.4 Å². The van der Waals surface area contributed by atoms with E-state index in [-0.39, 0.29) is 42.0 Å². The molecule has 1 heterocycles. The van der Waals surface area contributed by atoms with Crippen molar-refractivity contribution in [3.63, 3.8) is 0 Å². The second kappa shape index (κ2) is 21.0. The second-order valence-corrected chi connectivity index (χ2v) is 15.1. The molecule has 52 heavy (non-hydrogen) atoms. The summed E-state index contributed by atoms with van der Waals surface area (Å²) in [6.45, 7) is 13.3. The van der Waals surface area contributed by atoms with Crippen molar-refractivity contribution in [2.45, 2.75) is 129 Å². The van der Waals surface area contributed by atoms with E-state index in [1.165, 1.54) is 26.0 Å². The lowest BCUT2D eigenvalue weighted by molar-refractivity contribution is -0.149.